The molecule has 0 aromatic heterocycles. The van der Waals surface area contributed by atoms with Crippen LogP contribution in [0.2, 0.25) is 0 Å². The van der Waals surface area contributed by atoms with E-state index < -0.39 is 0 Å². The van der Waals surface area contributed by atoms with Gasteiger partial charge in [0.2, 0.25) is 0 Å². The molecule has 0 aliphatic rings. The maximum atomic E-state index is 3.46. The molecule has 0 unspecified atom stereocenters. The van der Waals surface area contributed by atoms with Crippen LogP contribution in [0.15, 0.2) is 11.8 Å². The molecule has 0 fully saturated rings. The molecular weight excluding hydrogens is 182 g/mol. The smallest absolute Gasteiger partial charge is 0.0115 e. The zero-order valence-corrected chi connectivity index (χ0v) is 11.4. The van der Waals surface area contributed by atoms with Gasteiger partial charge in [-0.05, 0) is 31.1 Å². The number of hydrogen-bond donors (Lipinski definition) is 1. The fourth-order valence-electron chi connectivity index (χ4n) is 1.65. The molecule has 1 atom stereocenters. The molecule has 0 aliphatic heterocycles. The second kappa shape index (κ2) is 7.78. The molecule has 90 valence electrons. The minimum Gasteiger partial charge on any atom is -0.389 e. The standard InChI is InChI=1S/C14H29N/c1-7-15-14(12(4)5)10-13(6)9-8-11(2)3/h10-13,15H,7-9H2,1-6H3/b14-10-/t13-/m1/s1. The Kier molecular flexibility index (Phi) is 7.54. The van der Waals surface area contributed by atoms with Crippen molar-refractivity contribution in [3.63, 3.8) is 0 Å². The van der Waals surface area contributed by atoms with E-state index in [1.165, 1.54) is 18.5 Å². The topological polar surface area (TPSA) is 12.0 Å². The largest absolute Gasteiger partial charge is 0.389 e. The molecular formula is C14H29N. The minimum atomic E-state index is 0.617. The Balaban J connectivity index is 4.14. The van der Waals surface area contributed by atoms with Crippen LogP contribution in [0.3, 0.4) is 0 Å². The minimum absolute atomic E-state index is 0.617. The van der Waals surface area contributed by atoms with Crippen LogP contribution < -0.4 is 5.32 Å². The van der Waals surface area contributed by atoms with Crippen molar-refractivity contribution in [2.45, 2.75) is 54.4 Å². The van der Waals surface area contributed by atoms with Gasteiger partial charge in [0, 0.05) is 12.2 Å². The quantitative estimate of drug-likeness (QED) is 0.665. The lowest BCUT2D eigenvalue weighted by molar-refractivity contribution is 0.495. The van der Waals surface area contributed by atoms with Crippen molar-refractivity contribution in [1.82, 2.24) is 5.32 Å². The predicted octanol–water partition coefficient (Wildman–Crippen LogP) is 4.21. The summed E-state index contributed by atoms with van der Waals surface area (Å²) in [4.78, 5) is 0. The zero-order chi connectivity index (χ0) is 11.8. The summed E-state index contributed by atoms with van der Waals surface area (Å²) in [7, 11) is 0. The SMILES string of the molecule is CCN/C(=C\[C@H](C)CCC(C)C)C(C)C. The molecule has 0 radical (unpaired) electrons. The zero-order valence-electron chi connectivity index (χ0n) is 11.4. The molecule has 15 heavy (non-hydrogen) atoms. The Morgan fingerprint density at radius 3 is 2.07 bits per heavy atom. The van der Waals surface area contributed by atoms with E-state index in [0.29, 0.717) is 11.8 Å². The van der Waals surface area contributed by atoms with E-state index in [1.807, 2.05) is 0 Å². The highest BCUT2D eigenvalue weighted by Crippen LogP contribution is 2.16. The molecule has 0 saturated heterocycles. The first-order valence-corrected chi connectivity index (χ1v) is 6.42. The van der Waals surface area contributed by atoms with E-state index in [1.54, 1.807) is 0 Å². The number of rotatable bonds is 7. The first kappa shape index (κ1) is 14.5. The van der Waals surface area contributed by atoms with Crippen LogP contribution in [0.25, 0.3) is 0 Å². The van der Waals surface area contributed by atoms with Crippen LogP contribution in [0.5, 0.6) is 0 Å². The van der Waals surface area contributed by atoms with Crippen LogP contribution in [-0.4, -0.2) is 6.54 Å². The van der Waals surface area contributed by atoms with Gasteiger partial charge in [0.05, 0.1) is 0 Å². The van der Waals surface area contributed by atoms with Gasteiger partial charge in [-0.25, -0.2) is 0 Å². The summed E-state index contributed by atoms with van der Waals surface area (Å²) in [5.74, 6) is 2.14. The molecule has 0 amide bonds. The summed E-state index contributed by atoms with van der Waals surface area (Å²) < 4.78 is 0. The molecule has 0 aromatic carbocycles. The van der Waals surface area contributed by atoms with E-state index in [9.17, 15) is 0 Å². The highest BCUT2D eigenvalue weighted by Gasteiger charge is 2.06. The summed E-state index contributed by atoms with van der Waals surface area (Å²) in [5.41, 5.74) is 1.41. The fourth-order valence-corrected chi connectivity index (χ4v) is 1.65. The monoisotopic (exact) mass is 211 g/mol. The Labute approximate surface area is 96.3 Å². The van der Waals surface area contributed by atoms with Gasteiger partial charge in [0.15, 0.2) is 0 Å². The van der Waals surface area contributed by atoms with E-state index in [2.05, 4.69) is 52.9 Å². The average molecular weight is 211 g/mol. The van der Waals surface area contributed by atoms with Crippen LogP contribution in [0.4, 0.5) is 0 Å². The molecule has 1 nitrogen and oxygen atoms in total. The Morgan fingerprint density at radius 2 is 1.67 bits per heavy atom. The highest BCUT2D eigenvalue weighted by molar-refractivity contribution is 5.04. The molecule has 0 bridgehead atoms. The fraction of sp³-hybridized carbons (Fsp3) is 0.857. The van der Waals surface area contributed by atoms with Crippen LogP contribution in [0.1, 0.15) is 54.4 Å². The number of nitrogens with one attached hydrogen (secondary N) is 1. The first-order chi connectivity index (χ1) is 6.97. The normalized spacial score (nSPS) is 14.8. The molecule has 0 saturated carbocycles. The van der Waals surface area contributed by atoms with Gasteiger partial charge in [-0.3, -0.25) is 0 Å². The maximum Gasteiger partial charge on any atom is 0.0115 e. The Hall–Kier alpha value is -0.460. The predicted molar refractivity (Wildman–Crippen MR) is 69.8 cm³/mol. The van der Waals surface area contributed by atoms with Gasteiger partial charge in [0.25, 0.3) is 0 Å². The van der Waals surface area contributed by atoms with Crippen molar-refractivity contribution < 1.29 is 0 Å². The van der Waals surface area contributed by atoms with E-state index in [0.717, 1.165) is 12.5 Å². The van der Waals surface area contributed by atoms with Crippen molar-refractivity contribution in [2.75, 3.05) is 6.54 Å². The van der Waals surface area contributed by atoms with Crippen molar-refractivity contribution in [1.29, 1.82) is 0 Å². The van der Waals surface area contributed by atoms with Gasteiger partial charge in [-0.1, -0.05) is 47.1 Å². The third kappa shape index (κ3) is 7.47. The van der Waals surface area contributed by atoms with Gasteiger partial charge in [-0.2, -0.15) is 0 Å². The third-order valence-corrected chi connectivity index (χ3v) is 2.67. The van der Waals surface area contributed by atoms with Crippen molar-refractivity contribution in [3.8, 4) is 0 Å². The second-order valence-corrected chi connectivity index (χ2v) is 5.26. The molecule has 0 aliphatic carbocycles. The van der Waals surface area contributed by atoms with Crippen molar-refractivity contribution >= 4 is 0 Å². The van der Waals surface area contributed by atoms with E-state index >= 15 is 0 Å². The molecule has 0 rings (SSSR count). The summed E-state index contributed by atoms with van der Waals surface area (Å²) in [6.45, 7) is 14.6. The molecule has 1 heteroatoms. The summed E-state index contributed by atoms with van der Waals surface area (Å²) in [5, 5.41) is 3.46. The summed E-state index contributed by atoms with van der Waals surface area (Å²) in [6, 6.07) is 0. The lowest BCUT2D eigenvalue weighted by atomic mass is 9.96. The van der Waals surface area contributed by atoms with E-state index in [4.69, 9.17) is 0 Å². The van der Waals surface area contributed by atoms with Crippen LogP contribution in [-0.2, 0) is 0 Å². The molecule has 1 N–H and O–H groups in total. The second-order valence-electron chi connectivity index (χ2n) is 5.26. The highest BCUT2D eigenvalue weighted by atomic mass is 14.9. The van der Waals surface area contributed by atoms with E-state index in [-0.39, 0.29) is 0 Å². The molecule has 0 spiro atoms. The van der Waals surface area contributed by atoms with Crippen LogP contribution >= 0.6 is 0 Å². The number of allylic oxidation sites excluding steroid dienone is 2. The average Bonchev–Trinajstić information content (AvgIpc) is 2.14. The van der Waals surface area contributed by atoms with Gasteiger partial charge >= 0.3 is 0 Å². The Bertz CT molecular complexity index is 180. The summed E-state index contributed by atoms with van der Waals surface area (Å²) in [6.07, 6.45) is 5.05. The molecule has 0 aromatic rings. The first-order valence-electron chi connectivity index (χ1n) is 6.42. The van der Waals surface area contributed by atoms with Crippen LogP contribution in [0, 0.1) is 17.8 Å². The third-order valence-electron chi connectivity index (χ3n) is 2.67. The van der Waals surface area contributed by atoms with Gasteiger partial charge < -0.3 is 5.32 Å². The lowest BCUT2D eigenvalue weighted by Gasteiger charge is -2.16. The van der Waals surface area contributed by atoms with Crippen molar-refractivity contribution in [3.05, 3.63) is 11.8 Å². The maximum absolute atomic E-state index is 3.46. The lowest BCUT2D eigenvalue weighted by Crippen LogP contribution is -2.17. The van der Waals surface area contributed by atoms with Crippen molar-refractivity contribution in [2.24, 2.45) is 17.8 Å². The van der Waals surface area contributed by atoms with Gasteiger partial charge in [0.1, 0.15) is 0 Å². The van der Waals surface area contributed by atoms with Gasteiger partial charge in [-0.15, -0.1) is 0 Å². The Morgan fingerprint density at radius 1 is 1.07 bits per heavy atom. The summed E-state index contributed by atoms with van der Waals surface area (Å²) >= 11 is 0. The number of hydrogen-bond acceptors (Lipinski definition) is 1. The molecule has 0 heterocycles.